The Balaban J connectivity index is 3.07. The molecule has 0 saturated heterocycles. The zero-order chi connectivity index (χ0) is 11.9. The Morgan fingerprint density at radius 3 is 2.88 bits per heavy atom. The first-order chi connectivity index (χ1) is 7.54. The molecule has 16 heavy (non-hydrogen) atoms. The van der Waals surface area contributed by atoms with Gasteiger partial charge in [0, 0.05) is 13.2 Å². The van der Waals surface area contributed by atoms with Gasteiger partial charge in [0.15, 0.2) is 5.75 Å². The first-order valence-electron chi connectivity index (χ1n) is 4.50. The molecule has 3 N–H and O–H groups in total. The lowest BCUT2D eigenvalue weighted by Crippen LogP contribution is -2.28. The standard InChI is InChI=1S/C10H9N3O3/c1-13-5-3-2-4-12-7(5)8(14)6(9(11)15)10(13)16/h2-4,14H,1H3,(H2,11,15). The Bertz CT molecular complexity index is 646. The van der Waals surface area contributed by atoms with Crippen LogP contribution in [0.15, 0.2) is 23.1 Å². The van der Waals surface area contributed by atoms with Gasteiger partial charge in [0.05, 0.1) is 5.52 Å². The van der Waals surface area contributed by atoms with E-state index in [2.05, 4.69) is 4.98 Å². The van der Waals surface area contributed by atoms with Gasteiger partial charge in [0.2, 0.25) is 0 Å². The van der Waals surface area contributed by atoms with E-state index in [1.165, 1.54) is 17.8 Å². The van der Waals surface area contributed by atoms with Crippen molar-refractivity contribution in [2.75, 3.05) is 0 Å². The first kappa shape index (κ1) is 10.2. The van der Waals surface area contributed by atoms with Crippen LogP contribution < -0.4 is 11.3 Å². The van der Waals surface area contributed by atoms with E-state index in [4.69, 9.17) is 5.73 Å². The van der Waals surface area contributed by atoms with Crippen LogP contribution >= 0.6 is 0 Å². The van der Waals surface area contributed by atoms with Crippen molar-refractivity contribution in [1.82, 2.24) is 9.55 Å². The number of aryl methyl sites for hydroxylation is 1. The number of amides is 1. The van der Waals surface area contributed by atoms with Crippen molar-refractivity contribution in [3.05, 3.63) is 34.2 Å². The molecule has 0 saturated carbocycles. The highest BCUT2D eigenvalue weighted by Gasteiger charge is 2.19. The number of primary amides is 1. The van der Waals surface area contributed by atoms with Gasteiger partial charge < -0.3 is 15.4 Å². The van der Waals surface area contributed by atoms with Gasteiger partial charge in [-0.1, -0.05) is 0 Å². The summed E-state index contributed by atoms with van der Waals surface area (Å²) in [5, 5.41) is 9.75. The third-order valence-corrected chi connectivity index (χ3v) is 2.37. The monoisotopic (exact) mass is 219 g/mol. The molecule has 0 atom stereocenters. The summed E-state index contributed by atoms with van der Waals surface area (Å²) in [6.07, 6.45) is 1.46. The Morgan fingerprint density at radius 2 is 2.25 bits per heavy atom. The zero-order valence-corrected chi connectivity index (χ0v) is 8.47. The van der Waals surface area contributed by atoms with Gasteiger partial charge in [-0.3, -0.25) is 14.6 Å². The molecule has 0 aliphatic rings. The molecule has 1 amide bonds. The molecular formula is C10H9N3O3. The molecule has 0 fully saturated rings. The molecule has 6 heteroatoms. The van der Waals surface area contributed by atoms with Crippen molar-refractivity contribution in [2.45, 2.75) is 0 Å². The van der Waals surface area contributed by atoms with Crippen LogP contribution in [0.25, 0.3) is 11.0 Å². The molecule has 2 rings (SSSR count). The van der Waals surface area contributed by atoms with E-state index >= 15 is 0 Å². The predicted molar refractivity (Wildman–Crippen MR) is 57.2 cm³/mol. The number of fused-ring (bicyclic) bond motifs is 1. The SMILES string of the molecule is Cn1c(=O)c(C(N)=O)c(O)c2ncccc21. The average Bonchev–Trinajstić information content (AvgIpc) is 2.26. The lowest BCUT2D eigenvalue weighted by atomic mass is 10.2. The fourth-order valence-corrected chi connectivity index (χ4v) is 1.57. The first-order valence-corrected chi connectivity index (χ1v) is 4.50. The van der Waals surface area contributed by atoms with Crippen molar-refractivity contribution in [1.29, 1.82) is 0 Å². The second-order valence-corrected chi connectivity index (χ2v) is 3.32. The molecule has 0 unspecified atom stereocenters. The van der Waals surface area contributed by atoms with Gasteiger partial charge in [0.1, 0.15) is 11.1 Å². The van der Waals surface area contributed by atoms with Gasteiger partial charge in [-0.15, -0.1) is 0 Å². The van der Waals surface area contributed by atoms with E-state index < -0.39 is 22.8 Å². The topological polar surface area (TPSA) is 98.2 Å². The molecule has 2 heterocycles. The molecule has 82 valence electrons. The van der Waals surface area contributed by atoms with E-state index in [-0.39, 0.29) is 5.52 Å². The van der Waals surface area contributed by atoms with Crippen LogP contribution in [0.5, 0.6) is 5.75 Å². The Labute approximate surface area is 89.9 Å². The van der Waals surface area contributed by atoms with Crippen LogP contribution in [0, 0.1) is 0 Å². The molecule has 0 aromatic carbocycles. The maximum Gasteiger partial charge on any atom is 0.267 e. The molecule has 2 aromatic heterocycles. The van der Waals surface area contributed by atoms with E-state index in [1.54, 1.807) is 12.1 Å². The van der Waals surface area contributed by atoms with Gasteiger partial charge in [0.25, 0.3) is 11.5 Å². The van der Waals surface area contributed by atoms with Crippen molar-refractivity contribution < 1.29 is 9.90 Å². The fourth-order valence-electron chi connectivity index (χ4n) is 1.57. The molecule has 0 bridgehead atoms. The molecule has 6 nitrogen and oxygen atoms in total. The van der Waals surface area contributed by atoms with Crippen LogP contribution in [0.1, 0.15) is 10.4 Å². The molecule has 0 aliphatic heterocycles. The lowest BCUT2D eigenvalue weighted by Gasteiger charge is -2.08. The lowest BCUT2D eigenvalue weighted by molar-refractivity contribution is 0.0996. The Hall–Kier alpha value is -2.37. The summed E-state index contributed by atoms with van der Waals surface area (Å²) in [6.45, 7) is 0. The number of aromatic nitrogens is 2. The second-order valence-electron chi connectivity index (χ2n) is 3.32. The fraction of sp³-hybridized carbons (Fsp3) is 0.100. The number of pyridine rings is 2. The zero-order valence-electron chi connectivity index (χ0n) is 8.47. The Morgan fingerprint density at radius 1 is 1.56 bits per heavy atom. The van der Waals surface area contributed by atoms with Crippen LogP contribution in [-0.4, -0.2) is 20.6 Å². The number of carbonyl (C=O) groups is 1. The average molecular weight is 219 g/mol. The molecule has 2 aromatic rings. The summed E-state index contributed by atoms with van der Waals surface area (Å²) in [7, 11) is 1.48. The number of hydrogen-bond acceptors (Lipinski definition) is 4. The molecule has 0 radical (unpaired) electrons. The summed E-state index contributed by atoms with van der Waals surface area (Å²) in [4.78, 5) is 26.7. The van der Waals surface area contributed by atoms with Gasteiger partial charge in [-0.2, -0.15) is 0 Å². The largest absolute Gasteiger partial charge is 0.505 e. The number of hydrogen-bond donors (Lipinski definition) is 2. The minimum absolute atomic E-state index is 0.179. The smallest absolute Gasteiger partial charge is 0.267 e. The van der Waals surface area contributed by atoms with Crippen LogP contribution in [0.2, 0.25) is 0 Å². The van der Waals surface area contributed by atoms with Crippen LogP contribution in [-0.2, 0) is 7.05 Å². The number of nitrogens with zero attached hydrogens (tertiary/aromatic N) is 2. The number of rotatable bonds is 1. The van der Waals surface area contributed by atoms with Gasteiger partial charge in [-0.25, -0.2) is 0 Å². The van der Waals surface area contributed by atoms with E-state index in [9.17, 15) is 14.7 Å². The highest BCUT2D eigenvalue weighted by molar-refractivity contribution is 6.00. The summed E-state index contributed by atoms with van der Waals surface area (Å²) >= 11 is 0. The van der Waals surface area contributed by atoms with E-state index in [0.29, 0.717) is 5.52 Å². The van der Waals surface area contributed by atoms with Gasteiger partial charge >= 0.3 is 0 Å². The second kappa shape index (κ2) is 3.34. The molecule has 0 aliphatic carbocycles. The minimum atomic E-state index is -0.967. The van der Waals surface area contributed by atoms with Crippen LogP contribution in [0.4, 0.5) is 0 Å². The Kier molecular flexibility index (Phi) is 2.12. The van der Waals surface area contributed by atoms with E-state index in [1.807, 2.05) is 0 Å². The number of carbonyl (C=O) groups excluding carboxylic acids is 1. The normalized spacial score (nSPS) is 10.6. The third-order valence-electron chi connectivity index (χ3n) is 2.37. The number of nitrogens with two attached hydrogens (primary N) is 1. The summed E-state index contributed by atoms with van der Waals surface area (Å²) < 4.78 is 1.22. The third kappa shape index (κ3) is 1.23. The van der Waals surface area contributed by atoms with Crippen molar-refractivity contribution in [2.24, 2.45) is 12.8 Å². The summed E-state index contributed by atoms with van der Waals surface area (Å²) in [5.74, 6) is -1.43. The predicted octanol–water partition coefficient (Wildman–Crippen LogP) is -0.262. The minimum Gasteiger partial charge on any atom is -0.505 e. The summed E-state index contributed by atoms with van der Waals surface area (Å²) in [6, 6.07) is 3.25. The maximum absolute atomic E-state index is 11.7. The highest BCUT2D eigenvalue weighted by Crippen LogP contribution is 2.22. The van der Waals surface area contributed by atoms with Crippen LogP contribution in [0.3, 0.4) is 0 Å². The molecule has 0 spiro atoms. The van der Waals surface area contributed by atoms with Gasteiger partial charge in [-0.05, 0) is 12.1 Å². The van der Waals surface area contributed by atoms with Crippen molar-refractivity contribution in [3.63, 3.8) is 0 Å². The van der Waals surface area contributed by atoms with E-state index in [0.717, 1.165) is 0 Å². The van der Waals surface area contributed by atoms with Crippen molar-refractivity contribution >= 4 is 16.9 Å². The quantitative estimate of drug-likeness (QED) is 0.690. The summed E-state index contributed by atoms with van der Waals surface area (Å²) in [5.41, 5.74) is 4.58. The highest BCUT2D eigenvalue weighted by atomic mass is 16.3. The number of aromatic hydroxyl groups is 1. The molecular weight excluding hydrogens is 210 g/mol. The maximum atomic E-state index is 11.7. The van der Waals surface area contributed by atoms with Crippen molar-refractivity contribution in [3.8, 4) is 5.75 Å².